The summed E-state index contributed by atoms with van der Waals surface area (Å²) in [4.78, 5) is 6.27. The van der Waals surface area contributed by atoms with Gasteiger partial charge in [-0.2, -0.15) is 0 Å². The Hall–Kier alpha value is -1.62. The molecule has 2 rings (SSSR count). The minimum absolute atomic E-state index is 0.226. The molecule has 106 valence electrons. The third-order valence-corrected chi connectivity index (χ3v) is 3.50. The fourth-order valence-corrected chi connectivity index (χ4v) is 2.29. The first-order chi connectivity index (χ1) is 9.63. The lowest BCUT2D eigenvalue weighted by Crippen LogP contribution is -2.21. The van der Waals surface area contributed by atoms with Crippen LogP contribution in [0.2, 0.25) is 0 Å². The second-order valence-electron chi connectivity index (χ2n) is 4.33. The minimum Gasteiger partial charge on any atom is -0.372 e. The number of aromatic nitrogens is 1. The van der Waals surface area contributed by atoms with Crippen molar-refractivity contribution in [3.63, 3.8) is 0 Å². The number of hydrogen-bond donors (Lipinski definition) is 1. The minimum atomic E-state index is -0.382. The molecule has 0 aliphatic heterocycles. The van der Waals surface area contributed by atoms with Crippen molar-refractivity contribution >= 4 is 33.1 Å². The molecule has 0 saturated carbocycles. The largest absolute Gasteiger partial charge is 0.372 e. The molecule has 1 aromatic carbocycles. The van der Waals surface area contributed by atoms with Crippen LogP contribution in [0.5, 0.6) is 0 Å². The smallest absolute Gasteiger partial charge is 0.166 e. The molecule has 0 amide bonds. The van der Waals surface area contributed by atoms with E-state index in [-0.39, 0.29) is 11.6 Å². The van der Waals surface area contributed by atoms with Crippen LogP contribution in [0, 0.1) is 5.82 Å². The highest BCUT2D eigenvalue weighted by molar-refractivity contribution is 9.10. The van der Waals surface area contributed by atoms with Crippen molar-refractivity contribution in [1.82, 2.24) is 4.98 Å². The van der Waals surface area contributed by atoms with Gasteiger partial charge in [0.2, 0.25) is 0 Å². The van der Waals surface area contributed by atoms with Crippen LogP contribution in [-0.4, -0.2) is 18.1 Å². The summed E-state index contributed by atoms with van der Waals surface area (Å²) in [5.74, 6) is -0.156. The molecule has 1 aromatic heterocycles. The highest BCUT2D eigenvalue weighted by Crippen LogP contribution is 2.23. The average molecular weight is 338 g/mol. The molecule has 3 nitrogen and oxygen atoms in total. The van der Waals surface area contributed by atoms with Crippen molar-refractivity contribution in [3.8, 4) is 0 Å². The lowest BCUT2D eigenvalue weighted by atomic mass is 10.2. The van der Waals surface area contributed by atoms with Crippen LogP contribution in [0.1, 0.15) is 13.8 Å². The lowest BCUT2D eigenvalue weighted by Gasteiger charge is -2.21. The van der Waals surface area contributed by atoms with Crippen molar-refractivity contribution in [1.29, 1.82) is 0 Å². The molecule has 0 atom stereocenters. The van der Waals surface area contributed by atoms with Crippen LogP contribution in [0.4, 0.5) is 21.6 Å². The van der Waals surface area contributed by atoms with Crippen molar-refractivity contribution in [2.45, 2.75) is 13.8 Å². The molecule has 1 N–H and O–H groups in total. The van der Waals surface area contributed by atoms with Gasteiger partial charge in [-0.15, -0.1) is 0 Å². The van der Waals surface area contributed by atoms with Crippen LogP contribution < -0.4 is 10.2 Å². The molecule has 0 aliphatic rings. The van der Waals surface area contributed by atoms with Crippen LogP contribution in [0.25, 0.3) is 0 Å². The Morgan fingerprint density at radius 2 is 1.85 bits per heavy atom. The Labute approximate surface area is 127 Å². The Morgan fingerprint density at radius 1 is 1.20 bits per heavy atom. The van der Waals surface area contributed by atoms with Crippen molar-refractivity contribution in [3.05, 3.63) is 46.8 Å². The van der Waals surface area contributed by atoms with Gasteiger partial charge in [-0.1, -0.05) is 0 Å². The SMILES string of the molecule is CCN(CC)c1ccc(Nc2ncc(Br)cc2F)cc1. The van der Waals surface area contributed by atoms with Crippen LogP contribution in [-0.2, 0) is 0 Å². The van der Waals surface area contributed by atoms with Gasteiger partial charge in [0.15, 0.2) is 11.6 Å². The molecule has 0 saturated heterocycles. The molecule has 20 heavy (non-hydrogen) atoms. The second-order valence-corrected chi connectivity index (χ2v) is 5.24. The van der Waals surface area contributed by atoms with E-state index in [0.717, 1.165) is 24.5 Å². The van der Waals surface area contributed by atoms with Gasteiger partial charge in [0.1, 0.15) is 0 Å². The van der Waals surface area contributed by atoms with E-state index in [1.54, 1.807) is 6.20 Å². The molecule has 0 aliphatic carbocycles. The lowest BCUT2D eigenvalue weighted by molar-refractivity contribution is 0.625. The molecule has 0 unspecified atom stereocenters. The summed E-state index contributed by atoms with van der Waals surface area (Å²) in [5.41, 5.74) is 1.97. The number of pyridine rings is 1. The van der Waals surface area contributed by atoms with Crippen LogP contribution in [0.15, 0.2) is 41.0 Å². The second kappa shape index (κ2) is 6.70. The maximum Gasteiger partial charge on any atom is 0.166 e. The van der Waals surface area contributed by atoms with E-state index >= 15 is 0 Å². The molecule has 0 fully saturated rings. The number of hydrogen-bond acceptors (Lipinski definition) is 3. The quantitative estimate of drug-likeness (QED) is 0.865. The molecule has 0 bridgehead atoms. The van der Waals surface area contributed by atoms with Gasteiger partial charge < -0.3 is 10.2 Å². The average Bonchev–Trinajstić information content (AvgIpc) is 2.45. The van der Waals surface area contributed by atoms with Crippen LogP contribution >= 0.6 is 15.9 Å². The van der Waals surface area contributed by atoms with E-state index in [4.69, 9.17) is 0 Å². The topological polar surface area (TPSA) is 28.2 Å². The number of halogens is 2. The first-order valence-electron chi connectivity index (χ1n) is 6.57. The van der Waals surface area contributed by atoms with Crippen molar-refractivity contribution < 1.29 is 4.39 Å². The van der Waals surface area contributed by atoms with Crippen LogP contribution in [0.3, 0.4) is 0 Å². The zero-order chi connectivity index (χ0) is 14.5. The summed E-state index contributed by atoms with van der Waals surface area (Å²) in [6.07, 6.45) is 1.57. The predicted molar refractivity (Wildman–Crippen MR) is 85.2 cm³/mol. The van der Waals surface area contributed by atoms with Crippen molar-refractivity contribution in [2.24, 2.45) is 0 Å². The number of rotatable bonds is 5. The zero-order valence-corrected chi connectivity index (χ0v) is 13.1. The number of anilines is 3. The zero-order valence-electron chi connectivity index (χ0n) is 11.5. The van der Waals surface area contributed by atoms with Gasteiger partial charge in [-0.25, -0.2) is 9.37 Å². The van der Waals surface area contributed by atoms with E-state index in [9.17, 15) is 4.39 Å². The Bertz CT molecular complexity index is 568. The molecule has 0 radical (unpaired) electrons. The Morgan fingerprint density at radius 3 is 2.40 bits per heavy atom. The van der Waals surface area contributed by atoms with Gasteiger partial charge in [0.05, 0.1) is 0 Å². The summed E-state index contributed by atoms with van der Waals surface area (Å²) >= 11 is 3.19. The van der Waals surface area contributed by atoms with E-state index < -0.39 is 0 Å². The maximum absolute atomic E-state index is 13.7. The molecule has 0 spiro atoms. The summed E-state index contributed by atoms with van der Waals surface area (Å²) in [6.45, 7) is 6.17. The van der Waals surface area contributed by atoms with Gasteiger partial charge >= 0.3 is 0 Å². The summed E-state index contributed by atoms with van der Waals surface area (Å²) in [6, 6.07) is 9.28. The monoisotopic (exact) mass is 337 g/mol. The van der Waals surface area contributed by atoms with Crippen molar-refractivity contribution in [2.75, 3.05) is 23.3 Å². The maximum atomic E-state index is 13.7. The van der Waals surface area contributed by atoms with Gasteiger partial charge in [-0.3, -0.25) is 0 Å². The standard InChI is InChI=1S/C15H17BrFN3/c1-3-20(4-2)13-7-5-12(6-8-13)19-15-14(17)9-11(16)10-18-15/h5-10H,3-4H2,1-2H3,(H,18,19). The first-order valence-corrected chi connectivity index (χ1v) is 7.36. The van der Waals surface area contributed by atoms with E-state index in [1.165, 1.54) is 6.07 Å². The molecular weight excluding hydrogens is 321 g/mol. The Kier molecular flexibility index (Phi) is 4.95. The summed E-state index contributed by atoms with van der Waals surface area (Å²) in [7, 11) is 0. The Balaban J connectivity index is 2.14. The van der Waals surface area contributed by atoms with E-state index in [2.05, 4.69) is 45.0 Å². The fourth-order valence-electron chi connectivity index (χ4n) is 1.99. The van der Waals surface area contributed by atoms with Gasteiger partial charge in [0.25, 0.3) is 0 Å². The molecule has 1 heterocycles. The fraction of sp³-hybridized carbons (Fsp3) is 0.267. The number of nitrogens with one attached hydrogen (secondary N) is 1. The number of nitrogens with zero attached hydrogens (tertiary/aromatic N) is 2. The summed E-state index contributed by atoms with van der Waals surface area (Å²) in [5, 5.41) is 2.98. The first kappa shape index (κ1) is 14.8. The van der Waals surface area contributed by atoms with Gasteiger partial charge in [0, 0.05) is 35.1 Å². The van der Waals surface area contributed by atoms with E-state index in [1.807, 2.05) is 24.3 Å². The molecule has 2 aromatic rings. The van der Waals surface area contributed by atoms with E-state index in [0.29, 0.717) is 4.47 Å². The summed E-state index contributed by atoms with van der Waals surface area (Å²) < 4.78 is 14.3. The highest BCUT2D eigenvalue weighted by atomic mass is 79.9. The van der Waals surface area contributed by atoms with Gasteiger partial charge in [-0.05, 0) is 60.1 Å². The normalized spacial score (nSPS) is 10.4. The number of benzene rings is 1. The third kappa shape index (κ3) is 3.48. The predicted octanol–water partition coefficient (Wildman–Crippen LogP) is 4.57. The highest BCUT2D eigenvalue weighted by Gasteiger charge is 2.06. The molecular formula is C15H17BrFN3. The molecule has 5 heteroatoms. The third-order valence-electron chi connectivity index (χ3n) is 3.07.